The molecule has 0 spiro atoms. The Bertz CT molecular complexity index is 432. The molecule has 0 nitrogen and oxygen atoms in total. The first-order valence-electron chi connectivity index (χ1n) is 4.52. The van der Waals surface area contributed by atoms with Crippen LogP contribution in [-0.2, 0) is 0 Å². The van der Waals surface area contributed by atoms with Crippen LogP contribution in [0.5, 0.6) is 0 Å². The molecule has 2 aromatic rings. The van der Waals surface area contributed by atoms with Crippen molar-refractivity contribution in [1.82, 2.24) is 0 Å². The summed E-state index contributed by atoms with van der Waals surface area (Å²) < 4.78 is 26.1. The SMILES string of the molecule is CC.Cc1csc2c(F)c(F)ccc12. The molecule has 0 bridgehead atoms. The van der Waals surface area contributed by atoms with Crippen LogP contribution in [0.15, 0.2) is 17.5 Å². The summed E-state index contributed by atoms with van der Waals surface area (Å²) in [5.41, 5.74) is 0.994. The third-order valence-electron chi connectivity index (χ3n) is 1.83. The molecule has 0 saturated carbocycles. The van der Waals surface area contributed by atoms with Gasteiger partial charge in [-0.3, -0.25) is 0 Å². The van der Waals surface area contributed by atoms with Crippen LogP contribution in [0.4, 0.5) is 8.78 Å². The Labute approximate surface area is 86.2 Å². The highest BCUT2D eigenvalue weighted by atomic mass is 32.1. The Morgan fingerprint density at radius 1 is 1.14 bits per heavy atom. The first-order valence-corrected chi connectivity index (χ1v) is 5.40. The van der Waals surface area contributed by atoms with E-state index in [-0.39, 0.29) is 0 Å². The zero-order valence-electron chi connectivity index (χ0n) is 8.40. The molecule has 3 heteroatoms. The Morgan fingerprint density at radius 2 is 1.79 bits per heavy atom. The summed E-state index contributed by atoms with van der Waals surface area (Å²) in [6.45, 7) is 5.89. The molecule has 0 unspecified atom stereocenters. The Morgan fingerprint density at radius 3 is 2.43 bits per heavy atom. The normalized spacial score (nSPS) is 9.79. The fourth-order valence-corrected chi connectivity index (χ4v) is 2.15. The number of benzene rings is 1. The second-order valence-electron chi connectivity index (χ2n) is 2.66. The number of hydrogen-bond donors (Lipinski definition) is 0. The third-order valence-corrected chi connectivity index (χ3v) is 2.93. The first-order chi connectivity index (χ1) is 6.70. The summed E-state index contributed by atoms with van der Waals surface area (Å²) in [5, 5.41) is 2.63. The van der Waals surface area contributed by atoms with E-state index in [1.54, 1.807) is 6.07 Å². The molecule has 0 aliphatic heterocycles. The van der Waals surface area contributed by atoms with Crippen molar-refractivity contribution < 1.29 is 8.78 Å². The van der Waals surface area contributed by atoms with Crippen molar-refractivity contribution in [3.63, 3.8) is 0 Å². The van der Waals surface area contributed by atoms with Crippen LogP contribution in [0.1, 0.15) is 19.4 Å². The lowest BCUT2D eigenvalue weighted by molar-refractivity contribution is 0.518. The van der Waals surface area contributed by atoms with Gasteiger partial charge in [0.1, 0.15) is 0 Å². The summed E-state index contributed by atoms with van der Waals surface area (Å²) in [6, 6.07) is 2.77. The summed E-state index contributed by atoms with van der Waals surface area (Å²) in [6.07, 6.45) is 0. The van der Waals surface area contributed by atoms with E-state index in [4.69, 9.17) is 0 Å². The molecule has 0 aliphatic rings. The van der Waals surface area contributed by atoms with E-state index in [1.807, 2.05) is 26.2 Å². The van der Waals surface area contributed by atoms with Gasteiger partial charge in [0, 0.05) is 0 Å². The van der Waals surface area contributed by atoms with Crippen molar-refractivity contribution in [3.05, 3.63) is 34.7 Å². The molecule has 0 saturated heterocycles. The summed E-state index contributed by atoms with van der Waals surface area (Å²) in [5.74, 6) is -1.50. The number of rotatable bonds is 0. The highest BCUT2D eigenvalue weighted by Crippen LogP contribution is 2.28. The molecule has 0 aliphatic carbocycles. The fraction of sp³-hybridized carbons (Fsp3) is 0.273. The lowest BCUT2D eigenvalue weighted by Gasteiger charge is -1.94. The van der Waals surface area contributed by atoms with Crippen molar-refractivity contribution in [2.45, 2.75) is 20.8 Å². The van der Waals surface area contributed by atoms with Crippen molar-refractivity contribution in [1.29, 1.82) is 0 Å². The Kier molecular flexibility index (Phi) is 3.58. The molecule has 1 heterocycles. The molecular weight excluding hydrogens is 202 g/mol. The van der Waals surface area contributed by atoms with E-state index < -0.39 is 11.6 Å². The van der Waals surface area contributed by atoms with Gasteiger partial charge in [-0.05, 0) is 29.3 Å². The van der Waals surface area contributed by atoms with Crippen LogP contribution in [0, 0.1) is 18.6 Å². The van der Waals surface area contributed by atoms with Gasteiger partial charge in [0.15, 0.2) is 11.6 Å². The van der Waals surface area contributed by atoms with Crippen LogP contribution in [0.25, 0.3) is 10.1 Å². The summed E-state index contributed by atoms with van der Waals surface area (Å²) in [7, 11) is 0. The minimum atomic E-state index is -0.774. The number of hydrogen-bond acceptors (Lipinski definition) is 1. The maximum Gasteiger partial charge on any atom is 0.176 e. The van der Waals surface area contributed by atoms with Gasteiger partial charge in [-0.15, -0.1) is 11.3 Å². The fourth-order valence-electron chi connectivity index (χ4n) is 1.17. The number of fused-ring (bicyclic) bond motifs is 1. The third kappa shape index (κ3) is 1.77. The highest BCUT2D eigenvalue weighted by molar-refractivity contribution is 7.17. The zero-order chi connectivity index (χ0) is 10.7. The zero-order valence-corrected chi connectivity index (χ0v) is 9.21. The van der Waals surface area contributed by atoms with Gasteiger partial charge < -0.3 is 0 Å². The molecule has 0 N–H and O–H groups in total. The smallest absolute Gasteiger partial charge is 0.176 e. The van der Waals surface area contributed by atoms with Gasteiger partial charge in [-0.25, -0.2) is 8.78 Å². The number of aryl methyl sites for hydroxylation is 1. The first kappa shape index (κ1) is 11.1. The molecule has 14 heavy (non-hydrogen) atoms. The van der Waals surface area contributed by atoms with Crippen LogP contribution < -0.4 is 0 Å². The van der Waals surface area contributed by atoms with Crippen molar-refractivity contribution in [3.8, 4) is 0 Å². The minimum Gasteiger partial charge on any atom is -0.204 e. The predicted molar refractivity (Wildman–Crippen MR) is 57.8 cm³/mol. The maximum absolute atomic E-state index is 13.0. The molecule has 1 aromatic carbocycles. The van der Waals surface area contributed by atoms with Gasteiger partial charge in [-0.2, -0.15) is 0 Å². The molecule has 0 atom stereocenters. The standard InChI is InChI=1S/C9H6F2S.C2H6/c1-5-4-12-9-6(5)2-3-7(10)8(9)11;1-2/h2-4H,1H3;1-2H3. The Balaban J connectivity index is 0.000000461. The quantitative estimate of drug-likeness (QED) is 0.605. The van der Waals surface area contributed by atoms with Gasteiger partial charge in [0.25, 0.3) is 0 Å². The monoisotopic (exact) mass is 214 g/mol. The van der Waals surface area contributed by atoms with E-state index in [1.165, 1.54) is 11.3 Å². The second-order valence-corrected chi connectivity index (χ2v) is 3.54. The van der Waals surface area contributed by atoms with Crippen LogP contribution in [0.3, 0.4) is 0 Å². The van der Waals surface area contributed by atoms with E-state index >= 15 is 0 Å². The van der Waals surface area contributed by atoms with E-state index in [9.17, 15) is 8.78 Å². The average Bonchev–Trinajstić information content (AvgIpc) is 2.58. The second kappa shape index (κ2) is 4.51. The lowest BCUT2D eigenvalue weighted by atomic mass is 10.2. The van der Waals surface area contributed by atoms with E-state index in [0.717, 1.165) is 17.0 Å². The topological polar surface area (TPSA) is 0 Å². The molecular formula is C11H12F2S. The summed E-state index contributed by atoms with van der Waals surface area (Å²) >= 11 is 1.24. The largest absolute Gasteiger partial charge is 0.204 e. The highest BCUT2D eigenvalue weighted by Gasteiger charge is 2.09. The Hall–Kier alpha value is -0.960. The van der Waals surface area contributed by atoms with E-state index in [0.29, 0.717) is 4.70 Å². The van der Waals surface area contributed by atoms with Gasteiger partial charge >= 0.3 is 0 Å². The number of halogens is 2. The number of thiophene rings is 1. The molecule has 1 aromatic heterocycles. The minimum absolute atomic E-state index is 0.410. The van der Waals surface area contributed by atoms with Crippen molar-refractivity contribution in [2.75, 3.05) is 0 Å². The predicted octanol–water partition coefficient (Wildman–Crippen LogP) is 4.51. The van der Waals surface area contributed by atoms with Crippen LogP contribution >= 0.6 is 11.3 Å². The van der Waals surface area contributed by atoms with Gasteiger partial charge in [0.05, 0.1) is 4.70 Å². The summed E-state index contributed by atoms with van der Waals surface area (Å²) in [4.78, 5) is 0. The maximum atomic E-state index is 13.0. The molecule has 0 radical (unpaired) electrons. The van der Waals surface area contributed by atoms with Gasteiger partial charge in [-0.1, -0.05) is 19.9 Å². The molecule has 76 valence electrons. The molecule has 0 fully saturated rings. The van der Waals surface area contributed by atoms with Crippen LogP contribution in [-0.4, -0.2) is 0 Å². The van der Waals surface area contributed by atoms with E-state index in [2.05, 4.69) is 0 Å². The van der Waals surface area contributed by atoms with Gasteiger partial charge in [0.2, 0.25) is 0 Å². The average molecular weight is 214 g/mol. The molecule has 2 rings (SSSR count). The van der Waals surface area contributed by atoms with Crippen molar-refractivity contribution >= 4 is 21.4 Å². The lowest BCUT2D eigenvalue weighted by Crippen LogP contribution is -1.81. The van der Waals surface area contributed by atoms with Crippen molar-refractivity contribution in [2.24, 2.45) is 0 Å². The van der Waals surface area contributed by atoms with Crippen LogP contribution in [0.2, 0.25) is 0 Å². The molecule has 0 amide bonds.